The van der Waals surface area contributed by atoms with Crippen molar-refractivity contribution in [1.82, 2.24) is 0 Å². The topological polar surface area (TPSA) is 93.9 Å². The first-order valence-electron chi connectivity index (χ1n) is 9.17. The van der Waals surface area contributed by atoms with Crippen LogP contribution >= 0.6 is 0 Å². The first kappa shape index (κ1) is 19.5. The van der Waals surface area contributed by atoms with E-state index in [2.05, 4.69) is 10.2 Å². The Kier molecular flexibility index (Phi) is 6.31. The van der Waals surface area contributed by atoms with Crippen LogP contribution < -0.4 is 19.7 Å². The Morgan fingerprint density at radius 1 is 1.11 bits per heavy atom. The average molecular weight is 385 g/mol. The Morgan fingerprint density at radius 2 is 1.82 bits per heavy atom. The van der Waals surface area contributed by atoms with Gasteiger partial charge in [-0.15, -0.1) is 0 Å². The average Bonchev–Trinajstić information content (AvgIpc) is 2.73. The Bertz CT molecular complexity index is 832. The molecule has 8 nitrogen and oxygen atoms in total. The van der Waals surface area contributed by atoms with Crippen molar-refractivity contribution in [2.45, 2.75) is 19.3 Å². The van der Waals surface area contributed by atoms with Crippen LogP contribution in [0.1, 0.15) is 19.3 Å². The van der Waals surface area contributed by atoms with Crippen molar-refractivity contribution in [2.75, 3.05) is 37.0 Å². The van der Waals surface area contributed by atoms with Gasteiger partial charge in [0.05, 0.1) is 18.1 Å². The molecule has 1 amide bonds. The third-order valence-corrected chi connectivity index (χ3v) is 4.59. The van der Waals surface area contributed by atoms with Crippen LogP contribution in [0.25, 0.3) is 0 Å². The number of carbonyl (C=O) groups excluding carboxylic acids is 1. The Labute approximate surface area is 163 Å². The zero-order valence-electron chi connectivity index (χ0n) is 15.7. The first-order chi connectivity index (χ1) is 13.6. The van der Waals surface area contributed by atoms with Crippen molar-refractivity contribution < 1.29 is 19.2 Å². The summed E-state index contributed by atoms with van der Waals surface area (Å²) >= 11 is 0. The lowest BCUT2D eigenvalue weighted by atomic mass is 10.1. The van der Waals surface area contributed by atoms with Gasteiger partial charge < -0.3 is 19.7 Å². The zero-order chi connectivity index (χ0) is 19.9. The van der Waals surface area contributed by atoms with Gasteiger partial charge in [-0.05, 0) is 49.6 Å². The molecular formula is C20H23N3O5. The number of nitro groups is 1. The Hall–Kier alpha value is -3.29. The molecule has 0 radical (unpaired) electrons. The number of ether oxygens (including phenoxy) is 2. The molecule has 1 aliphatic rings. The number of nitro benzene ring substituents is 1. The van der Waals surface area contributed by atoms with E-state index in [1.54, 1.807) is 0 Å². The maximum absolute atomic E-state index is 12.2. The van der Waals surface area contributed by atoms with Crippen LogP contribution in [0.2, 0.25) is 0 Å². The number of methoxy groups -OCH3 is 1. The Balaban J connectivity index is 1.57. The fourth-order valence-electron chi connectivity index (χ4n) is 3.14. The van der Waals surface area contributed by atoms with Crippen LogP contribution in [0, 0.1) is 10.1 Å². The van der Waals surface area contributed by atoms with Gasteiger partial charge in [-0.25, -0.2) is 0 Å². The number of hydrogen-bond donors (Lipinski definition) is 1. The molecule has 1 N–H and O–H groups in total. The summed E-state index contributed by atoms with van der Waals surface area (Å²) in [6.07, 6.45) is 3.69. The molecule has 2 aromatic rings. The number of piperidine rings is 1. The largest absolute Gasteiger partial charge is 0.493 e. The summed E-state index contributed by atoms with van der Waals surface area (Å²) in [5.74, 6) is 0.107. The highest BCUT2D eigenvalue weighted by Crippen LogP contribution is 2.31. The van der Waals surface area contributed by atoms with Crippen molar-refractivity contribution in [1.29, 1.82) is 0 Å². The summed E-state index contributed by atoms with van der Waals surface area (Å²) in [7, 11) is 1.43. The minimum Gasteiger partial charge on any atom is -0.493 e. The van der Waals surface area contributed by atoms with Gasteiger partial charge in [-0.2, -0.15) is 0 Å². The summed E-state index contributed by atoms with van der Waals surface area (Å²) in [6.45, 7) is 1.83. The van der Waals surface area contributed by atoms with Gasteiger partial charge in [0.15, 0.2) is 18.1 Å². The minimum absolute atomic E-state index is 0.135. The standard InChI is InChI=1S/C20H23N3O5/c1-27-18-10-9-17(23(25)26)13-19(18)28-14-20(24)21-15-5-7-16(8-6-15)22-11-3-2-4-12-22/h5-10,13H,2-4,11-12,14H2,1H3,(H,21,24). The monoisotopic (exact) mass is 385 g/mol. The van der Waals surface area contributed by atoms with E-state index in [0.717, 1.165) is 18.8 Å². The highest BCUT2D eigenvalue weighted by molar-refractivity contribution is 5.92. The predicted octanol–water partition coefficient (Wildman–Crippen LogP) is 3.61. The molecule has 0 aromatic heterocycles. The van der Waals surface area contributed by atoms with E-state index in [0.29, 0.717) is 11.4 Å². The van der Waals surface area contributed by atoms with Gasteiger partial charge in [0.2, 0.25) is 0 Å². The lowest BCUT2D eigenvalue weighted by Crippen LogP contribution is -2.29. The molecule has 3 rings (SSSR count). The number of non-ortho nitro benzene ring substituents is 1. The fraction of sp³-hybridized carbons (Fsp3) is 0.350. The molecule has 0 bridgehead atoms. The van der Waals surface area contributed by atoms with Crippen LogP contribution in [-0.4, -0.2) is 37.6 Å². The van der Waals surface area contributed by atoms with E-state index in [4.69, 9.17) is 9.47 Å². The second-order valence-electron chi connectivity index (χ2n) is 6.52. The molecule has 1 aliphatic heterocycles. The number of benzene rings is 2. The van der Waals surface area contributed by atoms with E-state index in [9.17, 15) is 14.9 Å². The highest BCUT2D eigenvalue weighted by atomic mass is 16.6. The van der Waals surface area contributed by atoms with Crippen LogP contribution in [0.3, 0.4) is 0 Å². The van der Waals surface area contributed by atoms with Crippen molar-refractivity contribution in [3.63, 3.8) is 0 Å². The molecule has 2 aromatic carbocycles. The molecule has 0 unspecified atom stereocenters. The molecule has 0 saturated carbocycles. The quantitative estimate of drug-likeness (QED) is 0.578. The van der Waals surface area contributed by atoms with E-state index in [-0.39, 0.29) is 24.0 Å². The summed E-state index contributed by atoms with van der Waals surface area (Å²) in [5.41, 5.74) is 1.68. The number of nitrogens with one attached hydrogen (secondary N) is 1. The maximum Gasteiger partial charge on any atom is 0.273 e. The minimum atomic E-state index is -0.531. The van der Waals surface area contributed by atoms with Crippen molar-refractivity contribution >= 4 is 23.0 Å². The summed E-state index contributed by atoms with van der Waals surface area (Å²) in [5, 5.41) is 13.7. The fourth-order valence-corrected chi connectivity index (χ4v) is 3.14. The van der Waals surface area contributed by atoms with Crippen molar-refractivity contribution in [3.8, 4) is 11.5 Å². The smallest absolute Gasteiger partial charge is 0.273 e. The van der Waals surface area contributed by atoms with Crippen molar-refractivity contribution in [3.05, 3.63) is 52.6 Å². The van der Waals surface area contributed by atoms with Crippen molar-refractivity contribution in [2.24, 2.45) is 0 Å². The normalized spacial score (nSPS) is 13.7. The van der Waals surface area contributed by atoms with Crippen LogP contribution in [0.15, 0.2) is 42.5 Å². The van der Waals surface area contributed by atoms with Gasteiger partial charge in [0.25, 0.3) is 11.6 Å². The predicted molar refractivity (Wildman–Crippen MR) is 106 cm³/mol. The molecule has 0 spiro atoms. The number of hydrogen-bond acceptors (Lipinski definition) is 6. The van der Waals surface area contributed by atoms with Gasteiger partial charge >= 0.3 is 0 Å². The molecule has 28 heavy (non-hydrogen) atoms. The van der Waals surface area contributed by atoms with Gasteiger partial charge in [0, 0.05) is 30.5 Å². The number of anilines is 2. The summed E-state index contributed by atoms with van der Waals surface area (Å²) < 4.78 is 10.5. The molecule has 1 fully saturated rings. The van der Waals surface area contributed by atoms with Crippen LogP contribution in [-0.2, 0) is 4.79 Å². The molecule has 1 heterocycles. The van der Waals surface area contributed by atoms with E-state index in [1.807, 2.05) is 24.3 Å². The van der Waals surface area contributed by atoms with Crippen LogP contribution in [0.4, 0.5) is 17.1 Å². The molecule has 148 valence electrons. The number of amides is 1. The number of carbonyl (C=O) groups is 1. The van der Waals surface area contributed by atoms with Crippen LogP contribution in [0.5, 0.6) is 11.5 Å². The van der Waals surface area contributed by atoms with E-state index >= 15 is 0 Å². The molecular weight excluding hydrogens is 362 g/mol. The molecule has 0 atom stereocenters. The number of rotatable bonds is 7. The van der Waals surface area contributed by atoms with Gasteiger partial charge in [-0.1, -0.05) is 0 Å². The third-order valence-electron chi connectivity index (χ3n) is 4.59. The number of nitrogens with zero attached hydrogens (tertiary/aromatic N) is 2. The van der Waals surface area contributed by atoms with E-state index in [1.165, 1.54) is 44.6 Å². The highest BCUT2D eigenvalue weighted by Gasteiger charge is 2.14. The first-order valence-corrected chi connectivity index (χ1v) is 9.17. The molecule has 8 heteroatoms. The van der Waals surface area contributed by atoms with Gasteiger partial charge in [0.1, 0.15) is 0 Å². The molecule has 0 aliphatic carbocycles. The second-order valence-corrected chi connectivity index (χ2v) is 6.52. The lowest BCUT2D eigenvalue weighted by molar-refractivity contribution is -0.385. The van der Waals surface area contributed by atoms with Gasteiger partial charge in [-0.3, -0.25) is 14.9 Å². The zero-order valence-corrected chi connectivity index (χ0v) is 15.7. The summed E-state index contributed by atoms with van der Waals surface area (Å²) in [4.78, 5) is 24.9. The third kappa shape index (κ3) is 4.91. The SMILES string of the molecule is COc1ccc([N+](=O)[O-])cc1OCC(=O)Nc1ccc(N2CCCCC2)cc1. The maximum atomic E-state index is 12.2. The second kappa shape index (κ2) is 9.07. The molecule has 1 saturated heterocycles. The lowest BCUT2D eigenvalue weighted by Gasteiger charge is -2.28. The Morgan fingerprint density at radius 3 is 2.46 bits per heavy atom. The van der Waals surface area contributed by atoms with E-state index < -0.39 is 4.92 Å². The summed E-state index contributed by atoms with van der Waals surface area (Å²) in [6, 6.07) is 11.7.